The van der Waals surface area contributed by atoms with Crippen molar-refractivity contribution >= 4 is 42.0 Å². The minimum Gasteiger partial charge on any atom is -0.489 e. The molecular weight excluding hydrogens is 793 g/mol. The van der Waals surface area contributed by atoms with Crippen LogP contribution in [-0.2, 0) is 29.8 Å². The maximum atomic E-state index is 14.6. The SMILES string of the molecule is Cc1ccc(S(=O)(=O)OS(c2ccc(OCc3cc4ccccc4c4ccccc34)cc2)(c2ccc(OC3CCCCO3)cc2)c2ccc(OC3CCCCO3)cc2)cc1. The van der Waals surface area contributed by atoms with Crippen LogP contribution in [-0.4, -0.2) is 34.2 Å². The number of hydrogen-bond acceptors (Lipinski definition) is 8. The summed E-state index contributed by atoms with van der Waals surface area (Å²) in [5.41, 5.74) is 2.01. The van der Waals surface area contributed by atoms with Gasteiger partial charge in [0.2, 0.25) is 0 Å². The molecule has 0 bridgehead atoms. The summed E-state index contributed by atoms with van der Waals surface area (Å²) >= 11 is 0. The molecule has 7 aromatic carbocycles. The molecule has 10 heteroatoms. The quantitative estimate of drug-likeness (QED) is 0.106. The average molecular weight is 841 g/mol. The molecule has 60 heavy (non-hydrogen) atoms. The topological polar surface area (TPSA) is 89.5 Å². The molecular formula is C50H48O8S2. The predicted octanol–water partition coefficient (Wildman–Crippen LogP) is 12.3. The average Bonchev–Trinajstić information content (AvgIpc) is 3.29. The number of rotatable bonds is 13. The maximum absolute atomic E-state index is 14.6. The fourth-order valence-electron chi connectivity index (χ4n) is 7.88. The lowest BCUT2D eigenvalue weighted by Crippen LogP contribution is -2.25. The van der Waals surface area contributed by atoms with E-state index in [1.54, 1.807) is 24.3 Å². The highest BCUT2D eigenvalue weighted by Crippen LogP contribution is 2.70. The van der Waals surface area contributed by atoms with Crippen molar-refractivity contribution in [3.8, 4) is 17.2 Å². The Morgan fingerprint density at radius 3 is 1.55 bits per heavy atom. The zero-order valence-corrected chi connectivity index (χ0v) is 35.2. The van der Waals surface area contributed by atoms with Gasteiger partial charge in [-0.15, -0.1) is 0 Å². The van der Waals surface area contributed by atoms with Crippen LogP contribution in [0.15, 0.2) is 171 Å². The van der Waals surface area contributed by atoms with Crippen LogP contribution in [0.25, 0.3) is 21.5 Å². The highest BCUT2D eigenvalue weighted by molar-refractivity contribution is 8.33. The summed E-state index contributed by atoms with van der Waals surface area (Å²) in [4.78, 5) is 2.05. The first kappa shape index (κ1) is 40.1. The lowest BCUT2D eigenvalue weighted by molar-refractivity contribution is -0.106. The van der Waals surface area contributed by atoms with Gasteiger partial charge in [0.15, 0.2) is 12.6 Å². The molecule has 2 fully saturated rings. The van der Waals surface area contributed by atoms with E-state index < -0.39 is 20.4 Å². The zero-order chi connectivity index (χ0) is 40.9. The Labute approximate surface area is 353 Å². The Hall–Kier alpha value is -5.36. The molecule has 9 rings (SSSR count). The summed E-state index contributed by atoms with van der Waals surface area (Å²) in [5.74, 6) is 1.89. The largest absolute Gasteiger partial charge is 0.489 e. The van der Waals surface area contributed by atoms with Crippen molar-refractivity contribution < 1.29 is 35.7 Å². The lowest BCUT2D eigenvalue weighted by atomic mass is 9.98. The fourth-order valence-corrected chi connectivity index (χ4v) is 13.1. The number of ether oxygens (including phenoxy) is 5. The van der Waals surface area contributed by atoms with Crippen LogP contribution in [0, 0.1) is 6.92 Å². The number of fused-ring (bicyclic) bond motifs is 3. The molecule has 0 aromatic heterocycles. The Kier molecular flexibility index (Phi) is 11.8. The van der Waals surface area contributed by atoms with E-state index in [-0.39, 0.29) is 17.5 Å². The predicted molar refractivity (Wildman–Crippen MR) is 235 cm³/mol. The van der Waals surface area contributed by atoms with Crippen molar-refractivity contribution in [1.82, 2.24) is 0 Å². The van der Waals surface area contributed by atoms with Crippen LogP contribution in [0.3, 0.4) is 0 Å². The van der Waals surface area contributed by atoms with Crippen molar-refractivity contribution in [3.63, 3.8) is 0 Å². The van der Waals surface area contributed by atoms with E-state index in [1.807, 2.05) is 91.9 Å². The molecule has 8 nitrogen and oxygen atoms in total. The highest BCUT2D eigenvalue weighted by Gasteiger charge is 2.39. The van der Waals surface area contributed by atoms with Gasteiger partial charge >= 0.3 is 10.1 Å². The summed E-state index contributed by atoms with van der Waals surface area (Å²) in [6.45, 7) is 3.58. The molecule has 7 aromatic rings. The van der Waals surface area contributed by atoms with Crippen LogP contribution in [0.1, 0.15) is 49.7 Å². The van der Waals surface area contributed by atoms with E-state index in [9.17, 15) is 8.42 Å². The Morgan fingerprint density at radius 1 is 0.533 bits per heavy atom. The van der Waals surface area contributed by atoms with Crippen LogP contribution in [0.4, 0.5) is 0 Å². The second-order valence-electron chi connectivity index (χ2n) is 15.2. The van der Waals surface area contributed by atoms with Crippen molar-refractivity contribution in [2.45, 2.75) is 84.2 Å². The van der Waals surface area contributed by atoms with E-state index >= 15 is 0 Å². The molecule has 2 heterocycles. The first-order valence-corrected chi connectivity index (χ1v) is 23.6. The third-order valence-corrected chi connectivity index (χ3v) is 16.2. The first-order valence-electron chi connectivity index (χ1n) is 20.6. The van der Waals surface area contributed by atoms with Crippen molar-refractivity contribution in [2.75, 3.05) is 13.2 Å². The summed E-state index contributed by atoms with van der Waals surface area (Å²) in [6, 6.07) is 48.3. The van der Waals surface area contributed by atoms with Crippen LogP contribution >= 0.6 is 10.3 Å². The highest BCUT2D eigenvalue weighted by atomic mass is 32.3. The molecule has 0 spiro atoms. The fraction of sp³-hybridized carbons (Fsp3) is 0.240. The minimum absolute atomic E-state index is 0.0661. The lowest BCUT2D eigenvalue weighted by Gasteiger charge is -2.39. The van der Waals surface area contributed by atoms with E-state index in [0.29, 0.717) is 51.8 Å². The van der Waals surface area contributed by atoms with Gasteiger partial charge in [-0.05, 0) is 161 Å². The monoisotopic (exact) mass is 840 g/mol. The zero-order valence-electron chi connectivity index (χ0n) is 33.5. The molecule has 2 saturated heterocycles. The van der Waals surface area contributed by atoms with Gasteiger partial charge in [-0.1, -0.05) is 66.2 Å². The van der Waals surface area contributed by atoms with E-state index in [4.69, 9.17) is 27.3 Å². The summed E-state index contributed by atoms with van der Waals surface area (Å²) in [6.07, 6.45) is 5.04. The van der Waals surface area contributed by atoms with Crippen LogP contribution in [0.5, 0.6) is 17.2 Å². The van der Waals surface area contributed by atoms with E-state index in [1.165, 1.54) is 10.8 Å². The summed E-state index contributed by atoms with van der Waals surface area (Å²) < 4.78 is 66.5. The second-order valence-corrected chi connectivity index (χ2v) is 19.7. The molecule has 2 atom stereocenters. The third kappa shape index (κ3) is 8.62. The van der Waals surface area contributed by atoms with Gasteiger partial charge in [-0.3, -0.25) is 0 Å². The molecule has 2 aliphatic rings. The third-order valence-electron chi connectivity index (χ3n) is 11.0. The second kappa shape index (κ2) is 17.7. The van der Waals surface area contributed by atoms with Gasteiger partial charge in [0.25, 0.3) is 0 Å². The van der Waals surface area contributed by atoms with Crippen molar-refractivity contribution in [3.05, 3.63) is 163 Å². The number of benzene rings is 7. The Morgan fingerprint density at radius 2 is 1.02 bits per heavy atom. The molecule has 0 amide bonds. The van der Waals surface area contributed by atoms with Crippen molar-refractivity contribution in [2.24, 2.45) is 0 Å². The Balaban J connectivity index is 1.11. The van der Waals surface area contributed by atoms with Gasteiger partial charge in [-0.2, -0.15) is 8.42 Å². The normalized spacial score (nSPS) is 18.7. The molecule has 0 saturated carbocycles. The van der Waals surface area contributed by atoms with Crippen molar-refractivity contribution in [1.29, 1.82) is 0 Å². The van der Waals surface area contributed by atoms with Crippen LogP contribution in [0.2, 0.25) is 0 Å². The van der Waals surface area contributed by atoms with Gasteiger partial charge in [0, 0.05) is 27.5 Å². The van der Waals surface area contributed by atoms with Gasteiger partial charge in [0.05, 0.1) is 18.1 Å². The minimum atomic E-state index is -4.34. The maximum Gasteiger partial charge on any atom is 0.307 e. The number of hydrogen-bond donors (Lipinski definition) is 0. The molecule has 0 radical (unpaired) electrons. The molecule has 2 aliphatic heterocycles. The molecule has 2 unspecified atom stereocenters. The Bertz CT molecular complexity index is 2590. The first-order chi connectivity index (χ1) is 29.3. The summed E-state index contributed by atoms with van der Waals surface area (Å²) in [7, 11) is -7.34. The summed E-state index contributed by atoms with van der Waals surface area (Å²) in [5, 5.41) is 4.66. The number of aryl methyl sites for hydroxylation is 1. The molecule has 0 N–H and O–H groups in total. The molecule has 308 valence electrons. The van der Waals surface area contributed by atoms with Gasteiger partial charge in [0.1, 0.15) is 23.9 Å². The van der Waals surface area contributed by atoms with E-state index in [0.717, 1.165) is 60.4 Å². The standard InChI is InChI=1S/C50H48O8S2/c1-36-16-24-45(25-17-36)60(51,52)58-59(43-28-20-40(21-29-43)56-49-14-6-8-32-53-49,44-30-22-41(23-31-44)57-50-15-7-9-33-54-50)42-26-18-39(19-27-42)55-35-38-34-37-10-2-3-11-46(37)48-13-5-4-12-47(38)48/h2-5,10-13,16-31,34,49-50H,6-9,14-15,32-33,35H2,1H3. The van der Waals surface area contributed by atoms with Gasteiger partial charge in [-0.25, -0.2) is 3.63 Å². The molecule has 0 aliphatic carbocycles. The van der Waals surface area contributed by atoms with Crippen LogP contribution < -0.4 is 14.2 Å². The van der Waals surface area contributed by atoms with Gasteiger partial charge < -0.3 is 23.7 Å². The van der Waals surface area contributed by atoms with E-state index in [2.05, 4.69) is 42.5 Å². The smallest absolute Gasteiger partial charge is 0.307 e.